The zero-order chi connectivity index (χ0) is 18.0. The molecular weight excluding hydrogens is 314 g/mol. The fourth-order valence-corrected chi connectivity index (χ4v) is 4.28. The molecule has 1 aromatic rings. The van der Waals surface area contributed by atoms with Crippen molar-refractivity contribution in [3.8, 4) is 0 Å². The van der Waals surface area contributed by atoms with Crippen molar-refractivity contribution in [2.45, 2.75) is 45.3 Å². The van der Waals surface area contributed by atoms with Crippen molar-refractivity contribution in [3.05, 3.63) is 34.9 Å². The standard InChI is InChI=1S/C20H29N3O2/c1-21-19(24)17-6-4-5-7-18(17)20(25)23(3)11-14-8-9-15-12-22(2)13-16(15)10-14/h8-10,17-18H,4-7,11-13H2,1-3H3,(H,21,24)/t17-,18+/m1/s1. The molecule has 0 unspecified atom stereocenters. The maximum absolute atomic E-state index is 13.0. The Morgan fingerprint density at radius 1 is 1.16 bits per heavy atom. The number of fused-ring (bicyclic) bond motifs is 1. The molecule has 5 nitrogen and oxygen atoms in total. The molecule has 25 heavy (non-hydrogen) atoms. The normalized spacial score (nSPS) is 23.2. The van der Waals surface area contributed by atoms with Crippen LogP contribution < -0.4 is 5.32 Å². The first-order valence-electron chi connectivity index (χ1n) is 9.25. The predicted molar refractivity (Wildman–Crippen MR) is 97.6 cm³/mol. The van der Waals surface area contributed by atoms with E-state index >= 15 is 0 Å². The van der Waals surface area contributed by atoms with E-state index in [0.717, 1.165) is 44.3 Å². The van der Waals surface area contributed by atoms with E-state index in [2.05, 4.69) is 35.5 Å². The molecule has 1 heterocycles. The second kappa shape index (κ2) is 7.56. The number of nitrogens with one attached hydrogen (secondary N) is 1. The Hall–Kier alpha value is -1.88. The molecule has 1 saturated carbocycles. The minimum atomic E-state index is -0.181. The molecule has 0 aromatic heterocycles. The third-order valence-electron chi connectivity index (χ3n) is 5.61. The molecule has 2 aliphatic rings. The third-order valence-corrected chi connectivity index (χ3v) is 5.61. The van der Waals surface area contributed by atoms with Gasteiger partial charge in [-0.15, -0.1) is 0 Å². The van der Waals surface area contributed by atoms with E-state index in [1.807, 2.05) is 7.05 Å². The second-order valence-electron chi connectivity index (χ2n) is 7.58. The summed E-state index contributed by atoms with van der Waals surface area (Å²) >= 11 is 0. The molecule has 1 aliphatic carbocycles. The van der Waals surface area contributed by atoms with Gasteiger partial charge in [-0.05, 0) is 36.6 Å². The Balaban J connectivity index is 1.68. The summed E-state index contributed by atoms with van der Waals surface area (Å²) in [5.41, 5.74) is 3.91. The topological polar surface area (TPSA) is 52.7 Å². The molecule has 0 radical (unpaired) electrons. The summed E-state index contributed by atoms with van der Waals surface area (Å²) in [4.78, 5) is 29.2. The summed E-state index contributed by atoms with van der Waals surface area (Å²) in [5, 5.41) is 2.73. The van der Waals surface area contributed by atoms with Crippen LogP contribution in [-0.4, -0.2) is 42.8 Å². The molecular formula is C20H29N3O2. The van der Waals surface area contributed by atoms with Crippen LogP contribution in [0.1, 0.15) is 42.4 Å². The number of carbonyl (C=O) groups is 2. The van der Waals surface area contributed by atoms with Crippen molar-refractivity contribution in [2.75, 3.05) is 21.1 Å². The first kappa shape index (κ1) is 17.9. The highest BCUT2D eigenvalue weighted by Gasteiger charge is 2.36. The molecule has 1 aliphatic heterocycles. The molecule has 1 N–H and O–H groups in total. The van der Waals surface area contributed by atoms with Crippen molar-refractivity contribution < 1.29 is 9.59 Å². The molecule has 1 aromatic carbocycles. The van der Waals surface area contributed by atoms with Crippen LogP contribution >= 0.6 is 0 Å². The van der Waals surface area contributed by atoms with E-state index in [1.165, 1.54) is 11.1 Å². The monoisotopic (exact) mass is 343 g/mol. The van der Waals surface area contributed by atoms with Gasteiger partial charge >= 0.3 is 0 Å². The van der Waals surface area contributed by atoms with Gasteiger partial charge in [-0.3, -0.25) is 14.5 Å². The summed E-state index contributed by atoms with van der Waals surface area (Å²) in [6.45, 7) is 2.58. The van der Waals surface area contributed by atoms with E-state index in [4.69, 9.17) is 0 Å². The highest BCUT2D eigenvalue weighted by molar-refractivity contribution is 5.87. The Morgan fingerprint density at radius 2 is 1.84 bits per heavy atom. The number of rotatable bonds is 4. The highest BCUT2D eigenvalue weighted by Crippen LogP contribution is 2.32. The van der Waals surface area contributed by atoms with Gasteiger partial charge in [-0.1, -0.05) is 31.0 Å². The van der Waals surface area contributed by atoms with Crippen molar-refractivity contribution >= 4 is 11.8 Å². The first-order valence-corrected chi connectivity index (χ1v) is 9.25. The Morgan fingerprint density at radius 3 is 2.56 bits per heavy atom. The van der Waals surface area contributed by atoms with Gasteiger partial charge < -0.3 is 10.2 Å². The molecule has 0 bridgehead atoms. The van der Waals surface area contributed by atoms with Crippen LogP contribution in [-0.2, 0) is 29.2 Å². The average Bonchev–Trinajstić information content (AvgIpc) is 2.99. The van der Waals surface area contributed by atoms with Gasteiger partial charge in [0.25, 0.3) is 0 Å². The Labute approximate surface area is 150 Å². The van der Waals surface area contributed by atoms with Gasteiger partial charge in [-0.2, -0.15) is 0 Å². The lowest BCUT2D eigenvalue weighted by Gasteiger charge is -2.32. The number of amides is 2. The largest absolute Gasteiger partial charge is 0.359 e. The van der Waals surface area contributed by atoms with Gasteiger partial charge in [0.1, 0.15) is 0 Å². The Bertz CT molecular complexity index is 658. The second-order valence-corrected chi connectivity index (χ2v) is 7.58. The van der Waals surface area contributed by atoms with Gasteiger partial charge in [0.05, 0.1) is 0 Å². The summed E-state index contributed by atoms with van der Waals surface area (Å²) in [6, 6.07) is 6.53. The van der Waals surface area contributed by atoms with Crippen LogP contribution in [0.2, 0.25) is 0 Å². The lowest BCUT2D eigenvalue weighted by molar-refractivity contribution is -0.142. The fourth-order valence-electron chi connectivity index (χ4n) is 4.28. The van der Waals surface area contributed by atoms with E-state index in [0.29, 0.717) is 6.54 Å². The van der Waals surface area contributed by atoms with Crippen molar-refractivity contribution in [2.24, 2.45) is 11.8 Å². The van der Waals surface area contributed by atoms with E-state index < -0.39 is 0 Å². The van der Waals surface area contributed by atoms with Gasteiger partial charge in [-0.25, -0.2) is 0 Å². The van der Waals surface area contributed by atoms with E-state index in [1.54, 1.807) is 11.9 Å². The number of nitrogens with zero attached hydrogens (tertiary/aromatic N) is 2. The lowest BCUT2D eigenvalue weighted by Crippen LogP contribution is -2.43. The van der Waals surface area contributed by atoms with Crippen molar-refractivity contribution in [1.82, 2.24) is 15.1 Å². The zero-order valence-electron chi connectivity index (χ0n) is 15.5. The number of hydrogen-bond acceptors (Lipinski definition) is 3. The van der Waals surface area contributed by atoms with Crippen molar-refractivity contribution in [3.63, 3.8) is 0 Å². The number of carbonyl (C=O) groups excluding carboxylic acids is 2. The minimum Gasteiger partial charge on any atom is -0.359 e. The highest BCUT2D eigenvalue weighted by atomic mass is 16.2. The van der Waals surface area contributed by atoms with Crippen LogP contribution in [0, 0.1) is 11.8 Å². The molecule has 0 saturated heterocycles. The SMILES string of the molecule is CNC(=O)[C@@H]1CCCC[C@@H]1C(=O)N(C)Cc1ccc2c(c1)CN(C)C2. The zero-order valence-corrected chi connectivity index (χ0v) is 15.5. The fraction of sp³-hybridized carbons (Fsp3) is 0.600. The molecule has 1 fully saturated rings. The Kier molecular flexibility index (Phi) is 5.42. The van der Waals surface area contributed by atoms with Crippen LogP contribution in [0.25, 0.3) is 0 Å². The van der Waals surface area contributed by atoms with E-state index in [9.17, 15) is 9.59 Å². The molecule has 0 spiro atoms. The van der Waals surface area contributed by atoms with Crippen LogP contribution in [0.4, 0.5) is 0 Å². The van der Waals surface area contributed by atoms with Crippen LogP contribution in [0.5, 0.6) is 0 Å². The summed E-state index contributed by atoms with van der Waals surface area (Å²) < 4.78 is 0. The molecule has 3 rings (SSSR count). The lowest BCUT2D eigenvalue weighted by atomic mass is 9.78. The van der Waals surface area contributed by atoms with Gasteiger partial charge in [0, 0.05) is 45.6 Å². The van der Waals surface area contributed by atoms with Gasteiger partial charge in [0.15, 0.2) is 0 Å². The third kappa shape index (κ3) is 3.87. The first-order chi connectivity index (χ1) is 12.0. The molecule has 136 valence electrons. The van der Waals surface area contributed by atoms with Crippen molar-refractivity contribution in [1.29, 1.82) is 0 Å². The summed E-state index contributed by atoms with van der Waals surface area (Å²) in [6.07, 6.45) is 3.69. The summed E-state index contributed by atoms with van der Waals surface area (Å²) in [5.74, 6) is -0.250. The summed E-state index contributed by atoms with van der Waals surface area (Å²) in [7, 11) is 5.64. The van der Waals surface area contributed by atoms with Crippen LogP contribution in [0.3, 0.4) is 0 Å². The maximum Gasteiger partial charge on any atom is 0.226 e. The smallest absolute Gasteiger partial charge is 0.226 e. The quantitative estimate of drug-likeness (QED) is 0.911. The molecule has 2 atom stereocenters. The molecule has 2 amide bonds. The maximum atomic E-state index is 13.0. The minimum absolute atomic E-state index is 0.00650. The number of hydrogen-bond donors (Lipinski definition) is 1. The van der Waals surface area contributed by atoms with E-state index in [-0.39, 0.29) is 23.7 Å². The average molecular weight is 343 g/mol. The number of benzene rings is 1. The molecule has 5 heteroatoms. The predicted octanol–water partition coefficient (Wildman–Crippen LogP) is 2.14. The van der Waals surface area contributed by atoms with Gasteiger partial charge in [0.2, 0.25) is 11.8 Å². The van der Waals surface area contributed by atoms with Crippen LogP contribution in [0.15, 0.2) is 18.2 Å².